The molecular formula is C18H18O4. The third kappa shape index (κ3) is 4.74. The van der Waals surface area contributed by atoms with Crippen LogP contribution in [-0.2, 0) is 35.3 Å². The van der Waals surface area contributed by atoms with E-state index in [2.05, 4.69) is 0 Å². The minimum absolute atomic E-state index is 0.0295. The van der Waals surface area contributed by atoms with Crippen molar-refractivity contribution in [3.8, 4) is 0 Å². The Kier molecular flexibility index (Phi) is 5.31. The molecule has 0 amide bonds. The first-order chi connectivity index (χ1) is 10.5. The fourth-order valence-electron chi connectivity index (χ4n) is 2.41. The number of carboxylic acid groups (broad SMARTS) is 2. The van der Waals surface area contributed by atoms with Crippen LogP contribution < -0.4 is 0 Å². The predicted molar refractivity (Wildman–Crippen MR) is 83.0 cm³/mol. The average Bonchev–Trinajstić information content (AvgIpc) is 2.47. The molecule has 0 bridgehead atoms. The van der Waals surface area contributed by atoms with Crippen molar-refractivity contribution in [2.45, 2.75) is 25.7 Å². The summed E-state index contributed by atoms with van der Waals surface area (Å²) in [6.45, 7) is 0. The van der Waals surface area contributed by atoms with Gasteiger partial charge < -0.3 is 10.2 Å². The van der Waals surface area contributed by atoms with E-state index < -0.39 is 11.9 Å². The van der Waals surface area contributed by atoms with E-state index in [1.807, 2.05) is 48.5 Å². The molecule has 114 valence electrons. The summed E-state index contributed by atoms with van der Waals surface area (Å²) in [5.74, 6) is -1.67. The largest absolute Gasteiger partial charge is 0.481 e. The summed E-state index contributed by atoms with van der Waals surface area (Å²) in [7, 11) is 0. The van der Waals surface area contributed by atoms with Crippen molar-refractivity contribution in [2.75, 3.05) is 0 Å². The summed E-state index contributed by atoms with van der Waals surface area (Å²) >= 11 is 0. The standard InChI is InChI=1S/C18H18O4/c19-17(20)11-14-7-5-13(6-8-14)9-10-15-3-1-2-4-16(15)12-18(21)22/h1-8H,9-12H2,(H,19,20)(H,21,22). The molecule has 0 saturated heterocycles. The smallest absolute Gasteiger partial charge is 0.307 e. The molecule has 0 fully saturated rings. The molecule has 4 heteroatoms. The van der Waals surface area contributed by atoms with Gasteiger partial charge in [-0.15, -0.1) is 0 Å². The summed E-state index contributed by atoms with van der Waals surface area (Å²) < 4.78 is 0. The van der Waals surface area contributed by atoms with Crippen LogP contribution in [0.5, 0.6) is 0 Å². The van der Waals surface area contributed by atoms with E-state index in [0.717, 1.165) is 35.1 Å². The zero-order valence-electron chi connectivity index (χ0n) is 12.2. The third-order valence-electron chi connectivity index (χ3n) is 3.52. The lowest BCUT2D eigenvalue weighted by atomic mass is 9.97. The molecular weight excluding hydrogens is 280 g/mol. The first-order valence-corrected chi connectivity index (χ1v) is 7.13. The Morgan fingerprint density at radius 2 is 1.23 bits per heavy atom. The van der Waals surface area contributed by atoms with Crippen LogP contribution in [0.2, 0.25) is 0 Å². The quantitative estimate of drug-likeness (QED) is 0.824. The number of benzene rings is 2. The molecule has 2 aromatic carbocycles. The van der Waals surface area contributed by atoms with Crippen molar-refractivity contribution in [1.82, 2.24) is 0 Å². The summed E-state index contributed by atoms with van der Waals surface area (Å²) in [6.07, 6.45) is 1.63. The zero-order chi connectivity index (χ0) is 15.9. The Morgan fingerprint density at radius 1 is 0.682 bits per heavy atom. The Balaban J connectivity index is 2.01. The molecule has 0 aliphatic carbocycles. The van der Waals surface area contributed by atoms with E-state index in [0.29, 0.717) is 0 Å². The highest BCUT2D eigenvalue weighted by atomic mass is 16.4. The minimum atomic E-state index is -0.838. The summed E-state index contributed by atoms with van der Waals surface area (Å²) in [5, 5.41) is 17.7. The summed E-state index contributed by atoms with van der Waals surface area (Å²) in [6, 6.07) is 15.1. The molecule has 4 nitrogen and oxygen atoms in total. The SMILES string of the molecule is O=C(O)Cc1ccc(CCc2ccccc2CC(=O)O)cc1. The van der Waals surface area contributed by atoms with Crippen molar-refractivity contribution in [3.05, 3.63) is 70.8 Å². The van der Waals surface area contributed by atoms with Crippen LogP contribution in [0.15, 0.2) is 48.5 Å². The highest BCUT2D eigenvalue weighted by Gasteiger charge is 2.07. The first kappa shape index (κ1) is 15.8. The lowest BCUT2D eigenvalue weighted by Crippen LogP contribution is -2.04. The van der Waals surface area contributed by atoms with Gasteiger partial charge in [-0.1, -0.05) is 48.5 Å². The molecule has 0 aromatic heterocycles. The van der Waals surface area contributed by atoms with Crippen molar-refractivity contribution < 1.29 is 19.8 Å². The minimum Gasteiger partial charge on any atom is -0.481 e. The van der Waals surface area contributed by atoms with Crippen LogP contribution in [0.25, 0.3) is 0 Å². The maximum atomic E-state index is 10.9. The molecule has 2 rings (SSSR count). The van der Waals surface area contributed by atoms with Crippen LogP contribution in [0.3, 0.4) is 0 Å². The number of hydrogen-bond donors (Lipinski definition) is 2. The summed E-state index contributed by atoms with van der Waals surface area (Å²) in [5.41, 5.74) is 3.78. The Labute approximate surface area is 129 Å². The Hall–Kier alpha value is -2.62. The molecule has 0 aliphatic rings. The van der Waals surface area contributed by atoms with Crippen LogP contribution >= 0.6 is 0 Å². The highest BCUT2D eigenvalue weighted by Crippen LogP contribution is 2.14. The topological polar surface area (TPSA) is 74.6 Å². The van der Waals surface area contributed by atoms with Gasteiger partial charge in [0.1, 0.15) is 0 Å². The van der Waals surface area contributed by atoms with Gasteiger partial charge in [0.05, 0.1) is 12.8 Å². The third-order valence-corrected chi connectivity index (χ3v) is 3.52. The lowest BCUT2D eigenvalue weighted by molar-refractivity contribution is -0.137. The van der Waals surface area contributed by atoms with Gasteiger partial charge in [0.25, 0.3) is 0 Å². The second kappa shape index (κ2) is 7.41. The normalized spacial score (nSPS) is 10.4. The molecule has 22 heavy (non-hydrogen) atoms. The molecule has 2 N–H and O–H groups in total. The van der Waals surface area contributed by atoms with Crippen LogP contribution in [0.4, 0.5) is 0 Å². The van der Waals surface area contributed by atoms with Crippen LogP contribution in [0, 0.1) is 0 Å². The lowest BCUT2D eigenvalue weighted by Gasteiger charge is -2.08. The molecule has 0 saturated carbocycles. The van der Waals surface area contributed by atoms with Crippen LogP contribution in [0.1, 0.15) is 22.3 Å². The van der Waals surface area contributed by atoms with Crippen molar-refractivity contribution in [2.24, 2.45) is 0 Å². The number of aliphatic carboxylic acids is 2. The van der Waals surface area contributed by atoms with Crippen LogP contribution in [-0.4, -0.2) is 22.2 Å². The van der Waals surface area contributed by atoms with E-state index >= 15 is 0 Å². The summed E-state index contributed by atoms with van der Waals surface area (Å²) in [4.78, 5) is 21.5. The van der Waals surface area contributed by atoms with Gasteiger partial charge in [0, 0.05) is 0 Å². The number of hydrogen-bond acceptors (Lipinski definition) is 2. The first-order valence-electron chi connectivity index (χ1n) is 7.13. The second-order valence-corrected chi connectivity index (χ2v) is 5.23. The molecule has 0 radical (unpaired) electrons. The molecule has 0 heterocycles. The number of aryl methyl sites for hydroxylation is 2. The zero-order valence-corrected chi connectivity index (χ0v) is 12.2. The van der Waals surface area contributed by atoms with Crippen molar-refractivity contribution in [3.63, 3.8) is 0 Å². The molecule has 0 atom stereocenters. The van der Waals surface area contributed by atoms with Gasteiger partial charge in [0.15, 0.2) is 0 Å². The van der Waals surface area contributed by atoms with Crippen molar-refractivity contribution >= 4 is 11.9 Å². The fraction of sp³-hybridized carbons (Fsp3) is 0.222. The van der Waals surface area contributed by atoms with E-state index in [9.17, 15) is 9.59 Å². The fourth-order valence-corrected chi connectivity index (χ4v) is 2.41. The highest BCUT2D eigenvalue weighted by molar-refractivity contribution is 5.71. The van der Waals surface area contributed by atoms with Gasteiger partial charge in [0.2, 0.25) is 0 Å². The van der Waals surface area contributed by atoms with Gasteiger partial charge in [-0.05, 0) is 35.1 Å². The van der Waals surface area contributed by atoms with Gasteiger partial charge in [-0.2, -0.15) is 0 Å². The predicted octanol–water partition coefficient (Wildman–Crippen LogP) is 2.73. The number of carbonyl (C=O) groups is 2. The van der Waals surface area contributed by atoms with E-state index in [1.165, 1.54) is 0 Å². The van der Waals surface area contributed by atoms with Gasteiger partial charge in [-0.3, -0.25) is 9.59 Å². The van der Waals surface area contributed by atoms with Gasteiger partial charge >= 0.3 is 11.9 Å². The number of rotatable bonds is 7. The van der Waals surface area contributed by atoms with E-state index in [1.54, 1.807) is 0 Å². The Morgan fingerprint density at radius 3 is 1.82 bits per heavy atom. The van der Waals surface area contributed by atoms with Crippen molar-refractivity contribution in [1.29, 1.82) is 0 Å². The molecule has 2 aromatic rings. The maximum Gasteiger partial charge on any atom is 0.307 e. The maximum absolute atomic E-state index is 10.9. The monoisotopic (exact) mass is 298 g/mol. The van der Waals surface area contributed by atoms with E-state index in [4.69, 9.17) is 10.2 Å². The van der Waals surface area contributed by atoms with E-state index in [-0.39, 0.29) is 12.8 Å². The Bertz CT molecular complexity index is 659. The van der Waals surface area contributed by atoms with Gasteiger partial charge in [-0.25, -0.2) is 0 Å². The molecule has 0 aliphatic heterocycles. The average molecular weight is 298 g/mol. The molecule has 0 spiro atoms. The number of carboxylic acids is 2. The molecule has 0 unspecified atom stereocenters. The second-order valence-electron chi connectivity index (χ2n) is 5.23.